The van der Waals surface area contributed by atoms with Crippen molar-refractivity contribution in [3.63, 3.8) is 0 Å². The van der Waals surface area contributed by atoms with E-state index in [1.54, 1.807) is 0 Å². The summed E-state index contributed by atoms with van der Waals surface area (Å²) in [6, 6.07) is 0.825. The summed E-state index contributed by atoms with van der Waals surface area (Å²) in [5.41, 5.74) is -1.23. The Morgan fingerprint density at radius 2 is 2.22 bits per heavy atom. The maximum Gasteiger partial charge on any atom is 0.417 e. The molecule has 0 saturated carbocycles. The average molecular weight is 325 g/mol. The molecule has 18 heavy (non-hydrogen) atoms. The molecule has 1 atom stereocenters. The zero-order valence-electron chi connectivity index (χ0n) is 9.43. The van der Waals surface area contributed by atoms with E-state index in [2.05, 4.69) is 21.2 Å². The van der Waals surface area contributed by atoms with Gasteiger partial charge in [0.2, 0.25) is 0 Å². The van der Waals surface area contributed by atoms with E-state index in [0.29, 0.717) is 6.54 Å². The van der Waals surface area contributed by atoms with Crippen LogP contribution in [0.5, 0.6) is 0 Å². The lowest BCUT2D eigenvalue weighted by molar-refractivity contribution is -0.138. The number of hydrogen-bond acceptors (Lipinski definition) is 2. The van der Waals surface area contributed by atoms with Crippen molar-refractivity contribution in [3.05, 3.63) is 32.7 Å². The number of halogens is 4. The Labute approximate surface area is 110 Å². The predicted molar refractivity (Wildman–Crippen MR) is 64.4 cm³/mol. The van der Waals surface area contributed by atoms with Crippen molar-refractivity contribution in [2.75, 3.05) is 13.1 Å². The van der Waals surface area contributed by atoms with Crippen molar-refractivity contribution in [1.82, 2.24) is 9.88 Å². The molecule has 1 fully saturated rings. The molecule has 0 aliphatic carbocycles. The van der Waals surface area contributed by atoms with Crippen LogP contribution in [0.2, 0.25) is 0 Å². The Bertz CT molecular complexity index is 492. The number of nitrogens with zero attached hydrogens (tertiary/aromatic N) is 1. The fourth-order valence-electron chi connectivity index (χ4n) is 2.04. The molecule has 0 amide bonds. The quantitative estimate of drug-likeness (QED) is 0.905. The van der Waals surface area contributed by atoms with Gasteiger partial charge in [-0.1, -0.05) is 0 Å². The zero-order valence-corrected chi connectivity index (χ0v) is 11.0. The second kappa shape index (κ2) is 5.05. The van der Waals surface area contributed by atoms with E-state index in [-0.39, 0.29) is 10.4 Å². The minimum absolute atomic E-state index is 0.0525. The number of aromatic nitrogens is 1. The third-order valence-electron chi connectivity index (χ3n) is 2.99. The molecule has 0 bridgehead atoms. The van der Waals surface area contributed by atoms with Crippen molar-refractivity contribution in [2.45, 2.75) is 19.1 Å². The summed E-state index contributed by atoms with van der Waals surface area (Å²) < 4.78 is 39.0. The van der Waals surface area contributed by atoms with Crippen LogP contribution in [0.1, 0.15) is 12.0 Å². The van der Waals surface area contributed by atoms with E-state index in [4.69, 9.17) is 0 Å². The van der Waals surface area contributed by atoms with Gasteiger partial charge in [0.15, 0.2) is 0 Å². The Kier molecular flexibility index (Phi) is 3.82. The van der Waals surface area contributed by atoms with Crippen LogP contribution < -0.4 is 10.9 Å². The smallest absolute Gasteiger partial charge is 0.316 e. The third-order valence-corrected chi connectivity index (χ3v) is 3.56. The lowest BCUT2D eigenvalue weighted by atomic mass is 10.1. The molecule has 1 aliphatic heterocycles. The highest BCUT2D eigenvalue weighted by Crippen LogP contribution is 2.29. The van der Waals surface area contributed by atoms with E-state index in [0.717, 1.165) is 36.3 Å². The number of nitrogens with one attached hydrogen (secondary N) is 1. The Morgan fingerprint density at radius 1 is 1.50 bits per heavy atom. The normalized spacial score (nSPS) is 20.3. The van der Waals surface area contributed by atoms with E-state index >= 15 is 0 Å². The monoisotopic (exact) mass is 324 g/mol. The first-order chi connectivity index (χ1) is 8.38. The van der Waals surface area contributed by atoms with Crippen molar-refractivity contribution >= 4 is 15.9 Å². The van der Waals surface area contributed by atoms with Crippen LogP contribution in [0.3, 0.4) is 0 Å². The van der Waals surface area contributed by atoms with Crippen LogP contribution >= 0.6 is 15.9 Å². The van der Waals surface area contributed by atoms with E-state index in [1.165, 1.54) is 0 Å². The van der Waals surface area contributed by atoms with E-state index in [9.17, 15) is 18.0 Å². The minimum Gasteiger partial charge on any atom is -0.316 e. The number of alkyl halides is 3. The first-order valence-corrected chi connectivity index (χ1v) is 6.35. The first-order valence-electron chi connectivity index (χ1n) is 5.56. The summed E-state index contributed by atoms with van der Waals surface area (Å²) in [6.45, 7) is 1.90. The summed E-state index contributed by atoms with van der Waals surface area (Å²) in [6.07, 6.45) is -2.67. The highest BCUT2D eigenvalue weighted by atomic mass is 79.9. The van der Waals surface area contributed by atoms with Gasteiger partial charge in [-0.2, -0.15) is 13.2 Å². The maximum absolute atomic E-state index is 12.6. The number of hydrogen-bond donors (Lipinski definition) is 1. The number of pyridine rings is 1. The molecular formula is C11H12BrF3N2O. The van der Waals surface area contributed by atoms with Gasteiger partial charge in [0.1, 0.15) is 0 Å². The van der Waals surface area contributed by atoms with Gasteiger partial charge >= 0.3 is 6.18 Å². The molecule has 1 N–H and O–H groups in total. The summed E-state index contributed by atoms with van der Waals surface area (Å²) in [4.78, 5) is 11.8. The molecule has 2 heterocycles. The summed E-state index contributed by atoms with van der Waals surface area (Å²) >= 11 is 2.89. The highest BCUT2D eigenvalue weighted by Gasteiger charge is 2.32. The summed E-state index contributed by atoms with van der Waals surface area (Å²) in [7, 11) is 0. The summed E-state index contributed by atoms with van der Waals surface area (Å²) in [5.74, 6) is 0.207. The van der Waals surface area contributed by atoms with Crippen LogP contribution in [0.25, 0.3) is 0 Å². The van der Waals surface area contributed by atoms with Crippen molar-refractivity contribution in [3.8, 4) is 0 Å². The Balaban J connectivity index is 2.33. The minimum atomic E-state index is -4.44. The van der Waals surface area contributed by atoms with Crippen LogP contribution in [0.15, 0.2) is 21.5 Å². The van der Waals surface area contributed by atoms with Crippen LogP contribution in [-0.4, -0.2) is 17.7 Å². The van der Waals surface area contributed by atoms with E-state index in [1.807, 2.05) is 0 Å². The van der Waals surface area contributed by atoms with Gasteiger partial charge in [0.25, 0.3) is 5.56 Å². The molecule has 1 aliphatic rings. The molecule has 7 heteroatoms. The lowest BCUT2D eigenvalue weighted by Gasteiger charge is -2.14. The standard InChI is InChI=1S/C11H12BrF3N2O/c12-9-3-8(11(13,14)15)6-17(10(9)18)5-7-1-2-16-4-7/h3,6-7,16H,1-2,4-5H2. The second-order valence-electron chi connectivity index (χ2n) is 4.39. The zero-order chi connectivity index (χ0) is 13.3. The maximum atomic E-state index is 12.6. The van der Waals surface area contributed by atoms with Crippen molar-refractivity contribution < 1.29 is 13.2 Å². The fourth-order valence-corrected chi connectivity index (χ4v) is 2.51. The highest BCUT2D eigenvalue weighted by molar-refractivity contribution is 9.10. The van der Waals surface area contributed by atoms with Crippen LogP contribution in [-0.2, 0) is 12.7 Å². The molecule has 0 spiro atoms. The topological polar surface area (TPSA) is 34.0 Å². The molecule has 0 aromatic carbocycles. The van der Waals surface area contributed by atoms with Gasteiger partial charge in [-0.3, -0.25) is 4.79 Å². The molecule has 3 nitrogen and oxygen atoms in total. The van der Waals surface area contributed by atoms with Gasteiger partial charge in [-0.15, -0.1) is 0 Å². The van der Waals surface area contributed by atoms with Gasteiger partial charge in [0.05, 0.1) is 10.0 Å². The molecule has 100 valence electrons. The summed E-state index contributed by atoms with van der Waals surface area (Å²) in [5, 5.41) is 3.12. The van der Waals surface area contributed by atoms with Gasteiger partial charge in [0, 0.05) is 12.7 Å². The molecule has 2 rings (SSSR count). The molecule has 1 aromatic heterocycles. The molecule has 0 radical (unpaired) electrons. The Morgan fingerprint density at radius 3 is 2.78 bits per heavy atom. The van der Waals surface area contributed by atoms with Gasteiger partial charge in [-0.05, 0) is 47.4 Å². The van der Waals surface area contributed by atoms with Gasteiger partial charge < -0.3 is 9.88 Å². The van der Waals surface area contributed by atoms with E-state index < -0.39 is 17.3 Å². The largest absolute Gasteiger partial charge is 0.417 e. The van der Waals surface area contributed by atoms with Crippen molar-refractivity contribution in [2.24, 2.45) is 5.92 Å². The molecule has 1 aromatic rings. The van der Waals surface area contributed by atoms with Gasteiger partial charge in [-0.25, -0.2) is 0 Å². The lowest BCUT2D eigenvalue weighted by Crippen LogP contribution is -2.27. The average Bonchev–Trinajstić information content (AvgIpc) is 2.75. The predicted octanol–water partition coefficient (Wildman–Crippen LogP) is 2.24. The molecular weight excluding hydrogens is 313 g/mol. The van der Waals surface area contributed by atoms with Crippen LogP contribution in [0.4, 0.5) is 13.2 Å². The Hall–Kier alpha value is -0.820. The first kappa shape index (κ1) is 13.6. The molecule has 1 saturated heterocycles. The molecule has 1 unspecified atom stereocenters. The third kappa shape index (κ3) is 2.95. The fraction of sp³-hybridized carbons (Fsp3) is 0.545. The SMILES string of the molecule is O=c1c(Br)cc(C(F)(F)F)cn1CC1CCNC1. The van der Waals surface area contributed by atoms with Crippen LogP contribution in [0, 0.1) is 5.92 Å². The number of rotatable bonds is 2. The van der Waals surface area contributed by atoms with Crippen molar-refractivity contribution in [1.29, 1.82) is 0 Å². The second-order valence-corrected chi connectivity index (χ2v) is 5.25.